The number of nitrogens with zero attached hydrogens (tertiary/aromatic N) is 1. The quantitative estimate of drug-likeness (QED) is 0.811. The predicted molar refractivity (Wildman–Crippen MR) is 79.5 cm³/mol. The molecule has 1 aromatic rings. The standard InChI is InChI=1S/C13H16Cl2N2O3/c1-2-5-17(8-13(19)20)7-12(18)16-9-3-4-10(14)11(15)6-9/h3-4,6H,2,5,7-8H2,1H3,(H,16,18)(H,19,20). The minimum atomic E-state index is -0.958. The number of aliphatic carboxylic acids is 1. The summed E-state index contributed by atoms with van der Waals surface area (Å²) < 4.78 is 0. The average molecular weight is 319 g/mol. The molecule has 0 spiro atoms. The molecule has 0 saturated heterocycles. The molecule has 0 aliphatic heterocycles. The number of carbonyl (C=O) groups excluding carboxylic acids is 1. The molecule has 2 N–H and O–H groups in total. The molecular formula is C13H16Cl2N2O3. The third-order valence-electron chi connectivity index (χ3n) is 2.47. The normalized spacial score (nSPS) is 10.6. The van der Waals surface area contributed by atoms with Gasteiger partial charge in [0.2, 0.25) is 5.91 Å². The van der Waals surface area contributed by atoms with Gasteiger partial charge in [-0.2, -0.15) is 0 Å². The first kappa shape index (κ1) is 16.8. The fraction of sp³-hybridized carbons (Fsp3) is 0.385. The van der Waals surface area contributed by atoms with Crippen LogP contribution in [0.25, 0.3) is 0 Å². The van der Waals surface area contributed by atoms with Crippen LogP contribution in [0.1, 0.15) is 13.3 Å². The number of anilines is 1. The van der Waals surface area contributed by atoms with Gasteiger partial charge in [-0.1, -0.05) is 30.1 Å². The summed E-state index contributed by atoms with van der Waals surface area (Å²) in [5.74, 6) is -1.25. The van der Waals surface area contributed by atoms with Gasteiger partial charge in [-0.15, -0.1) is 0 Å². The van der Waals surface area contributed by atoms with Gasteiger partial charge < -0.3 is 10.4 Å². The Morgan fingerprint density at radius 3 is 2.50 bits per heavy atom. The summed E-state index contributed by atoms with van der Waals surface area (Å²) in [6.45, 7) is 2.32. The number of benzene rings is 1. The van der Waals surface area contributed by atoms with E-state index >= 15 is 0 Å². The predicted octanol–water partition coefficient (Wildman–Crippen LogP) is 2.73. The van der Waals surface area contributed by atoms with Crippen LogP contribution in [-0.4, -0.2) is 41.5 Å². The van der Waals surface area contributed by atoms with E-state index in [0.717, 1.165) is 6.42 Å². The molecule has 0 bridgehead atoms. The topological polar surface area (TPSA) is 69.6 Å². The Balaban J connectivity index is 2.60. The zero-order valence-corrected chi connectivity index (χ0v) is 12.5. The second kappa shape index (κ2) is 8.09. The number of halogens is 2. The Morgan fingerprint density at radius 1 is 1.25 bits per heavy atom. The molecule has 0 aromatic heterocycles. The van der Waals surface area contributed by atoms with Crippen molar-refractivity contribution in [2.24, 2.45) is 0 Å². The van der Waals surface area contributed by atoms with Crippen molar-refractivity contribution in [3.05, 3.63) is 28.2 Å². The van der Waals surface area contributed by atoms with Crippen LogP contribution in [0.2, 0.25) is 10.0 Å². The molecular weight excluding hydrogens is 303 g/mol. The summed E-state index contributed by atoms with van der Waals surface area (Å²) in [6, 6.07) is 4.76. The number of carboxylic acid groups (broad SMARTS) is 1. The number of hydrogen-bond acceptors (Lipinski definition) is 3. The van der Waals surface area contributed by atoms with Crippen molar-refractivity contribution in [3.8, 4) is 0 Å². The summed E-state index contributed by atoms with van der Waals surface area (Å²) >= 11 is 11.6. The van der Waals surface area contributed by atoms with Crippen molar-refractivity contribution in [2.45, 2.75) is 13.3 Å². The first-order valence-electron chi connectivity index (χ1n) is 6.11. The van der Waals surface area contributed by atoms with E-state index in [0.29, 0.717) is 22.3 Å². The van der Waals surface area contributed by atoms with Gasteiger partial charge in [0.1, 0.15) is 0 Å². The molecule has 1 rings (SSSR count). The van der Waals surface area contributed by atoms with Crippen molar-refractivity contribution in [1.82, 2.24) is 4.90 Å². The lowest BCUT2D eigenvalue weighted by molar-refractivity contribution is -0.138. The maximum Gasteiger partial charge on any atom is 0.317 e. The van der Waals surface area contributed by atoms with Crippen molar-refractivity contribution < 1.29 is 14.7 Å². The highest BCUT2D eigenvalue weighted by atomic mass is 35.5. The zero-order chi connectivity index (χ0) is 15.1. The Kier molecular flexibility index (Phi) is 6.78. The minimum Gasteiger partial charge on any atom is -0.480 e. The summed E-state index contributed by atoms with van der Waals surface area (Å²) in [5, 5.41) is 12.2. The summed E-state index contributed by atoms with van der Waals surface area (Å²) in [6.07, 6.45) is 0.771. The number of rotatable bonds is 7. The van der Waals surface area contributed by atoms with Gasteiger partial charge in [0.05, 0.1) is 23.1 Å². The van der Waals surface area contributed by atoms with Gasteiger partial charge >= 0.3 is 5.97 Å². The molecule has 0 aliphatic rings. The molecule has 1 amide bonds. The molecule has 0 radical (unpaired) electrons. The first-order chi connectivity index (χ1) is 9.42. The van der Waals surface area contributed by atoms with Crippen LogP contribution in [-0.2, 0) is 9.59 Å². The third-order valence-corrected chi connectivity index (χ3v) is 3.21. The molecule has 7 heteroatoms. The maximum absolute atomic E-state index is 11.9. The lowest BCUT2D eigenvalue weighted by Crippen LogP contribution is -2.37. The summed E-state index contributed by atoms with van der Waals surface area (Å²) in [4.78, 5) is 24.1. The van der Waals surface area contributed by atoms with E-state index in [1.807, 2.05) is 6.92 Å². The van der Waals surface area contributed by atoms with Crippen LogP contribution in [0, 0.1) is 0 Å². The molecule has 0 fully saturated rings. The fourth-order valence-corrected chi connectivity index (χ4v) is 2.00. The molecule has 5 nitrogen and oxygen atoms in total. The molecule has 0 heterocycles. The Bertz CT molecular complexity index is 495. The monoisotopic (exact) mass is 318 g/mol. The summed E-state index contributed by atoms with van der Waals surface area (Å²) in [7, 11) is 0. The summed E-state index contributed by atoms with van der Waals surface area (Å²) in [5.41, 5.74) is 0.524. The van der Waals surface area contributed by atoms with Gasteiger partial charge in [0.25, 0.3) is 0 Å². The number of carbonyl (C=O) groups is 2. The van der Waals surface area contributed by atoms with Crippen LogP contribution in [0.3, 0.4) is 0 Å². The van der Waals surface area contributed by atoms with E-state index in [4.69, 9.17) is 28.3 Å². The Labute approximate surface area is 127 Å². The highest BCUT2D eigenvalue weighted by Crippen LogP contribution is 2.24. The largest absolute Gasteiger partial charge is 0.480 e. The van der Waals surface area contributed by atoms with Gasteiger partial charge in [-0.3, -0.25) is 14.5 Å². The van der Waals surface area contributed by atoms with E-state index < -0.39 is 5.97 Å². The molecule has 0 unspecified atom stereocenters. The van der Waals surface area contributed by atoms with E-state index in [2.05, 4.69) is 5.32 Å². The maximum atomic E-state index is 11.9. The molecule has 1 aromatic carbocycles. The van der Waals surface area contributed by atoms with Crippen molar-refractivity contribution in [2.75, 3.05) is 25.0 Å². The minimum absolute atomic E-state index is 0.0143. The number of nitrogens with one attached hydrogen (secondary N) is 1. The molecule has 0 aliphatic carbocycles. The van der Waals surface area contributed by atoms with Crippen molar-refractivity contribution in [1.29, 1.82) is 0 Å². The van der Waals surface area contributed by atoms with E-state index in [1.165, 1.54) is 0 Å². The van der Waals surface area contributed by atoms with Crippen molar-refractivity contribution >= 4 is 40.8 Å². The Morgan fingerprint density at radius 2 is 1.95 bits per heavy atom. The van der Waals surface area contributed by atoms with E-state index in [1.54, 1.807) is 23.1 Å². The number of carboxylic acids is 1. The van der Waals surface area contributed by atoms with Gasteiger partial charge in [-0.25, -0.2) is 0 Å². The molecule has 20 heavy (non-hydrogen) atoms. The van der Waals surface area contributed by atoms with Gasteiger partial charge in [-0.05, 0) is 31.2 Å². The number of hydrogen-bond donors (Lipinski definition) is 2. The van der Waals surface area contributed by atoms with Gasteiger partial charge in [0.15, 0.2) is 0 Å². The second-order valence-corrected chi connectivity index (χ2v) is 5.10. The van der Waals surface area contributed by atoms with Crippen LogP contribution in [0.5, 0.6) is 0 Å². The Hall–Kier alpha value is -1.30. The van der Waals surface area contributed by atoms with Crippen LogP contribution in [0.15, 0.2) is 18.2 Å². The van der Waals surface area contributed by atoms with Crippen molar-refractivity contribution in [3.63, 3.8) is 0 Å². The lowest BCUT2D eigenvalue weighted by Gasteiger charge is -2.18. The second-order valence-electron chi connectivity index (χ2n) is 4.28. The van der Waals surface area contributed by atoms with Crippen LogP contribution < -0.4 is 5.32 Å². The van der Waals surface area contributed by atoms with Gasteiger partial charge in [0, 0.05) is 5.69 Å². The third kappa shape index (κ3) is 5.77. The van der Waals surface area contributed by atoms with Crippen LogP contribution in [0.4, 0.5) is 5.69 Å². The smallest absolute Gasteiger partial charge is 0.317 e. The highest BCUT2D eigenvalue weighted by molar-refractivity contribution is 6.42. The van der Waals surface area contributed by atoms with E-state index in [-0.39, 0.29) is 19.0 Å². The SMILES string of the molecule is CCCN(CC(=O)O)CC(=O)Nc1ccc(Cl)c(Cl)c1. The molecule has 110 valence electrons. The van der Waals surface area contributed by atoms with Crippen LogP contribution >= 0.6 is 23.2 Å². The lowest BCUT2D eigenvalue weighted by atomic mass is 10.3. The number of amides is 1. The first-order valence-corrected chi connectivity index (χ1v) is 6.87. The molecule has 0 atom stereocenters. The molecule has 0 saturated carbocycles. The van der Waals surface area contributed by atoms with E-state index in [9.17, 15) is 9.59 Å². The zero-order valence-electron chi connectivity index (χ0n) is 11.0. The fourth-order valence-electron chi connectivity index (χ4n) is 1.70. The highest BCUT2D eigenvalue weighted by Gasteiger charge is 2.13. The average Bonchev–Trinajstić information content (AvgIpc) is 2.33.